The Morgan fingerprint density at radius 2 is 2.10 bits per heavy atom. The summed E-state index contributed by atoms with van der Waals surface area (Å²) in [7, 11) is 0. The molecule has 108 valence electrons. The predicted octanol–water partition coefficient (Wildman–Crippen LogP) is -0.166. The lowest BCUT2D eigenvalue weighted by Crippen LogP contribution is -2.47. The van der Waals surface area contributed by atoms with Crippen LogP contribution in [0.4, 0.5) is 5.82 Å². The zero-order valence-corrected chi connectivity index (χ0v) is 11.1. The number of aromatic nitrogens is 2. The Hall–Kier alpha value is -2.22. The lowest BCUT2D eigenvalue weighted by molar-refractivity contribution is -0.135. The third-order valence-corrected chi connectivity index (χ3v) is 2.91. The van der Waals surface area contributed by atoms with Gasteiger partial charge < -0.3 is 20.1 Å². The second-order valence-corrected chi connectivity index (χ2v) is 4.40. The van der Waals surface area contributed by atoms with E-state index in [-0.39, 0.29) is 17.4 Å². The molecule has 1 aromatic rings. The number of hydrogen-bond donors (Lipinski definition) is 2. The molecular weight excluding hydrogens is 264 g/mol. The molecule has 1 aliphatic rings. The number of carbonyl (C=O) groups is 2. The molecule has 0 aromatic carbocycles. The maximum Gasteiger partial charge on any atom is 0.356 e. The summed E-state index contributed by atoms with van der Waals surface area (Å²) in [5.74, 6) is -0.969. The van der Waals surface area contributed by atoms with Crippen LogP contribution in [0, 0.1) is 0 Å². The number of ether oxygens (including phenoxy) is 1. The normalized spacial score (nSPS) is 16.6. The molecule has 2 heterocycles. The first kappa shape index (κ1) is 14.2. The number of morpholine rings is 1. The molecule has 1 aromatic heterocycles. The van der Waals surface area contributed by atoms with Crippen LogP contribution in [-0.4, -0.2) is 64.2 Å². The highest BCUT2D eigenvalue weighted by Crippen LogP contribution is 2.07. The molecule has 8 nitrogen and oxygen atoms in total. The van der Waals surface area contributed by atoms with E-state index in [9.17, 15) is 9.59 Å². The Bertz CT molecular complexity index is 502. The molecule has 1 amide bonds. The lowest BCUT2D eigenvalue weighted by Gasteiger charge is -2.29. The zero-order chi connectivity index (χ0) is 14.5. The van der Waals surface area contributed by atoms with E-state index in [0.717, 1.165) is 6.20 Å². The van der Waals surface area contributed by atoms with Gasteiger partial charge in [0.05, 0.1) is 25.6 Å². The van der Waals surface area contributed by atoms with E-state index in [1.807, 2.05) is 0 Å². The molecule has 0 spiro atoms. The van der Waals surface area contributed by atoms with Crippen molar-refractivity contribution in [3.05, 3.63) is 18.1 Å². The molecule has 0 saturated carbocycles. The largest absolute Gasteiger partial charge is 0.476 e. The van der Waals surface area contributed by atoms with E-state index in [0.29, 0.717) is 26.3 Å². The molecular formula is C12H16N4O4. The first-order valence-corrected chi connectivity index (χ1v) is 6.26. The molecule has 1 unspecified atom stereocenters. The van der Waals surface area contributed by atoms with Crippen LogP contribution in [0.15, 0.2) is 12.4 Å². The molecule has 1 atom stereocenters. The van der Waals surface area contributed by atoms with E-state index in [4.69, 9.17) is 9.84 Å². The number of nitrogens with one attached hydrogen (secondary N) is 1. The highest BCUT2D eigenvalue weighted by atomic mass is 16.5. The molecule has 0 aliphatic carbocycles. The van der Waals surface area contributed by atoms with E-state index in [1.54, 1.807) is 11.8 Å². The van der Waals surface area contributed by atoms with E-state index in [2.05, 4.69) is 15.3 Å². The summed E-state index contributed by atoms with van der Waals surface area (Å²) in [6.45, 7) is 3.89. The van der Waals surface area contributed by atoms with Crippen molar-refractivity contribution in [2.24, 2.45) is 0 Å². The topological polar surface area (TPSA) is 105 Å². The van der Waals surface area contributed by atoms with Gasteiger partial charge in [0.2, 0.25) is 5.91 Å². The number of aromatic carboxylic acids is 1. The van der Waals surface area contributed by atoms with Crippen LogP contribution >= 0.6 is 0 Å². The average Bonchev–Trinajstić information content (AvgIpc) is 2.47. The van der Waals surface area contributed by atoms with Crippen LogP contribution in [-0.2, 0) is 9.53 Å². The number of amides is 1. The van der Waals surface area contributed by atoms with Crippen molar-refractivity contribution in [3.63, 3.8) is 0 Å². The second kappa shape index (κ2) is 6.29. The maximum atomic E-state index is 12.2. The number of hydrogen-bond acceptors (Lipinski definition) is 6. The number of carboxylic acid groups (broad SMARTS) is 1. The number of rotatable bonds is 4. The third-order valence-electron chi connectivity index (χ3n) is 2.91. The summed E-state index contributed by atoms with van der Waals surface area (Å²) < 4.78 is 5.19. The smallest absolute Gasteiger partial charge is 0.356 e. The van der Waals surface area contributed by atoms with Gasteiger partial charge in [-0.15, -0.1) is 0 Å². The van der Waals surface area contributed by atoms with Gasteiger partial charge in [0.15, 0.2) is 5.69 Å². The van der Waals surface area contributed by atoms with Crippen LogP contribution in [0.1, 0.15) is 17.4 Å². The van der Waals surface area contributed by atoms with E-state index in [1.165, 1.54) is 6.20 Å². The Kier molecular flexibility index (Phi) is 4.46. The standard InChI is InChI=1S/C12H16N4O4/c1-8(11(17)16-2-4-20-5-3-16)14-10-7-13-6-9(15-10)12(18)19/h6-8H,2-5H2,1H3,(H,14,15)(H,18,19). The molecule has 2 N–H and O–H groups in total. The first-order chi connectivity index (χ1) is 9.58. The minimum Gasteiger partial charge on any atom is -0.476 e. The van der Waals surface area contributed by atoms with Crippen molar-refractivity contribution in [1.29, 1.82) is 0 Å². The molecule has 1 fully saturated rings. The number of carboxylic acids is 1. The van der Waals surface area contributed by atoms with E-state index < -0.39 is 12.0 Å². The van der Waals surface area contributed by atoms with E-state index >= 15 is 0 Å². The molecule has 0 bridgehead atoms. The summed E-state index contributed by atoms with van der Waals surface area (Å²) in [5, 5.41) is 11.7. The fourth-order valence-electron chi connectivity index (χ4n) is 1.88. The molecule has 0 radical (unpaired) electrons. The quantitative estimate of drug-likeness (QED) is 0.789. The van der Waals surface area contributed by atoms with Crippen LogP contribution < -0.4 is 5.32 Å². The van der Waals surface area contributed by atoms with Gasteiger partial charge in [0, 0.05) is 13.1 Å². The van der Waals surface area contributed by atoms with Crippen LogP contribution in [0.3, 0.4) is 0 Å². The summed E-state index contributed by atoms with van der Waals surface area (Å²) in [4.78, 5) is 32.3. The monoisotopic (exact) mass is 280 g/mol. The Balaban J connectivity index is 1.99. The Morgan fingerprint density at radius 1 is 1.40 bits per heavy atom. The highest BCUT2D eigenvalue weighted by Gasteiger charge is 2.22. The minimum atomic E-state index is -1.16. The highest BCUT2D eigenvalue weighted by molar-refractivity contribution is 5.86. The Labute approximate surface area is 115 Å². The molecule has 8 heteroatoms. The third kappa shape index (κ3) is 3.41. The summed E-state index contributed by atoms with van der Waals surface area (Å²) >= 11 is 0. The van der Waals surface area contributed by atoms with Gasteiger partial charge in [-0.05, 0) is 6.92 Å². The number of anilines is 1. The van der Waals surface area contributed by atoms with Gasteiger partial charge in [0.25, 0.3) is 0 Å². The van der Waals surface area contributed by atoms with Crippen molar-refractivity contribution in [3.8, 4) is 0 Å². The number of carbonyl (C=O) groups excluding carboxylic acids is 1. The second-order valence-electron chi connectivity index (χ2n) is 4.40. The predicted molar refractivity (Wildman–Crippen MR) is 69.5 cm³/mol. The lowest BCUT2D eigenvalue weighted by atomic mass is 10.2. The summed E-state index contributed by atoms with van der Waals surface area (Å²) in [6, 6.07) is -0.508. The summed E-state index contributed by atoms with van der Waals surface area (Å²) in [6.07, 6.45) is 2.54. The maximum absolute atomic E-state index is 12.2. The van der Waals surface area contributed by atoms with Crippen LogP contribution in [0.5, 0.6) is 0 Å². The Morgan fingerprint density at radius 3 is 2.75 bits per heavy atom. The SMILES string of the molecule is CC(Nc1cncc(C(=O)O)n1)C(=O)N1CCOCC1. The van der Waals surface area contributed by atoms with Crippen molar-refractivity contribution in [2.75, 3.05) is 31.6 Å². The van der Waals surface area contributed by atoms with Gasteiger partial charge in [-0.3, -0.25) is 9.78 Å². The van der Waals surface area contributed by atoms with Crippen molar-refractivity contribution < 1.29 is 19.4 Å². The van der Waals surface area contributed by atoms with Crippen LogP contribution in [0.2, 0.25) is 0 Å². The molecule has 20 heavy (non-hydrogen) atoms. The molecule has 1 saturated heterocycles. The van der Waals surface area contributed by atoms with Crippen molar-refractivity contribution in [2.45, 2.75) is 13.0 Å². The first-order valence-electron chi connectivity index (χ1n) is 6.26. The van der Waals surface area contributed by atoms with Gasteiger partial charge in [-0.2, -0.15) is 0 Å². The zero-order valence-electron chi connectivity index (χ0n) is 11.1. The molecule has 1 aliphatic heterocycles. The van der Waals surface area contributed by atoms with Gasteiger partial charge in [0.1, 0.15) is 11.9 Å². The fraction of sp³-hybridized carbons (Fsp3) is 0.500. The average molecular weight is 280 g/mol. The van der Waals surface area contributed by atoms with Gasteiger partial charge >= 0.3 is 5.97 Å². The molecule has 2 rings (SSSR count). The van der Waals surface area contributed by atoms with Crippen molar-refractivity contribution in [1.82, 2.24) is 14.9 Å². The van der Waals surface area contributed by atoms with Gasteiger partial charge in [-0.1, -0.05) is 0 Å². The number of nitrogens with zero attached hydrogens (tertiary/aromatic N) is 3. The fourth-order valence-corrected chi connectivity index (χ4v) is 1.88. The van der Waals surface area contributed by atoms with Gasteiger partial charge in [-0.25, -0.2) is 9.78 Å². The van der Waals surface area contributed by atoms with Crippen molar-refractivity contribution >= 4 is 17.7 Å². The minimum absolute atomic E-state index is 0.0733. The van der Waals surface area contributed by atoms with Crippen LogP contribution in [0.25, 0.3) is 0 Å². The summed E-state index contributed by atoms with van der Waals surface area (Å²) in [5.41, 5.74) is -0.166.